The Morgan fingerprint density at radius 2 is 2.08 bits per heavy atom. The largest absolute Gasteiger partial charge is 0.342 e. The molecule has 2 aliphatic heterocycles. The zero-order valence-corrected chi connectivity index (χ0v) is 14.8. The van der Waals surface area contributed by atoms with Gasteiger partial charge in [-0.05, 0) is 38.3 Å². The van der Waals surface area contributed by atoms with E-state index in [4.69, 9.17) is 0 Å². The topological polar surface area (TPSA) is 61.0 Å². The normalized spacial score (nSPS) is 21.6. The summed E-state index contributed by atoms with van der Waals surface area (Å²) in [5.41, 5.74) is 4.91. The molecule has 0 bridgehead atoms. The molecule has 2 aliphatic rings. The van der Waals surface area contributed by atoms with Crippen LogP contribution in [-0.4, -0.2) is 47.2 Å². The number of rotatable bonds is 3. The van der Waals surface area contributed by atoms with Crippen LogP contribution in [0.3, 0.4) is 0 Å². The Bertz CT molecular complexity index is 740. The van der Waals surface area contributed by atoms with E-state index < -0.39 is 0 Å². The number of carbonyl (C=O) groups excluding carboxylic acids is 1. The van der Waals surface area contributed by atoms with Gasteiger partial charge in [-0.1, -0.05) is 29.8 Å². The van der Waals surface area contributed by atoms with Crippen LogP contribution in [0.25, 0.3) is 11.1 Å². The monoisotopic (exact) mass is 338 g/mol. The summed E-state index contributed by atoms with van der Waals surface area (Å²) in [5.74, 6) is 0.974. The van der Waals surface area contributed by atoms with Gasteiger partial charge < -0.3 is 10.2 Å². The molecule has 0 radical (unpaired) electrons. The minimum Gasteiger partial charge on any atom is -0.342 e. The Hall–Kier alpha value is -2.14. The average molecular weight is 338 g/mol. The van der Waals surface area contributed by atoms with Crippen molar-refractivity contribution in [3.05, 3.63) is 41.7 Å². The number of piperidine rings is 1. The molecule has 3 heterocycles. The van der Waals surface area contributed by atoms with E-state index >= 15 is 0 Å². The SMILES string of the molecule is Cc1cccc(-c2cn[nH]c2C2CCN(C(=O)[C@@H]3CCNC3)CC2)c1. The standard InChI is InChI=1S/C20H26N4O/c1-14-3-2-4-16(11-14)18-13-22-23-19(18)15-6-9-24(10-7-15)20(25)17-5-8-21-12-17/h2-4,11,13,15,17,21H,5-10,12H2,1H3,(H,22,23)/t17-/m1/s1. The number of aromatic amines is 1. The van der Waals surface area contributed by atoms with E-state index in [0.717, 1.165) is 45.4 Å². The van der Waals surface area contributed by atoms with Crippen LogP contribution in [0.1, 0.15) is 36.4 Å². The third-order valence-electron chi connectivity index (χ3n) is 5.62. The smallest absolute Gasteiger partial charge is 0.227 e. The highest BCUT2D eigenvalue weighted by atomic mass is 16.2. The molecule has 0 aliphatic carbocycles. The first-order valence-corrected chi connectivity index (χ1v) is 9.32. The van der Waals surface area contributed by atoms with Crippen LogP contribution in [0.5, 0.6) is 0 Å². The average Bonchev–Trinajstić information content (AvgIpc) is 3.33. The fraction of sp³-hybridized carbons (Fsp3) is 0.500. The number of carbonyl (C=O) groups is 1. The molecule has 2 saturated heterocycles. The van der Waals surface area contributed by atoms with Gasteiger partial charge in [0.15, 0.2) is 0 Å². The van der Waals surface area contributed by atoms with Crippen LogP contribution in [0.4, 0.5) is 0 Å². The van der Waals surface area contributed by atoms with Crippen LogP contribution in [0.15, 0.2) is 30.5 Å². The van der Waals surface area contributed by atoms with Crippen LogP contribution in [0, 0.1) is 12.8 Å². The maximum Gasteiger partial charge on any atom is 0.227 e. The lowest BCUT2D eigenvalue weighted by molar-refractivity contribution is -0.136. The van der Waals surface area contributed by atoms with Crippen LogP contribution in [0.2, 0.25) is 0 Å². The second-order valence-electron chi connectivity index (χ2n) is 7.36. The van der Waals surface area contributed by atoms with Gasteiger partial charge in [0.25, 0.3) is 0 Å². The Kier molecular flexibility index (Phi) is 4.57. The Morgan fingerprint density at radius 3 is 2.80 bits per heavy atom. The fourth-order valence-corrected chi connectivity index (χ4v) is 4.16. The van der Waals surface area contributed by atoms with Crippen molar-refractivity contribution < 1.29 is 4.79 Å². The van der Waals surface area contributed by atoms with E-state index in [1.54, 1.807) is 0 Å². The zero-order valence-electron chi connectivity index (χ0n) is 14.8. The van der Waals surface area contributed by atoms with E-state index in [0.29, 0.717) is 11.8 Å². The lowest BCUT2D eigenvalue weighted by Gasteiger charge is -2.33. The minimum atomic E-state index is 0.187. The van der Waals surface area contributed by atoms with Crippen molar-refractivity contribution in [2.75, 3.05) is 26.2 Å². The number of likely N-dealkylation sites (tertiary alicyclic amines) is 1. The number of hydrogen-bond donors (Lipinski definition) is 2. The molecular formula is C20H26N4O. The number of nitrogens with one attached hydrogen (secondary N) is 2. The molecule has 0 spiro atoms. The lowest BCUT2D eigenvalue weighted by atomic mass is 9.89. The van der Waals surface area contributed by atoms with Crippen molar-refractivity contribution in [1.82, 2.24) is 20.4 Å². The molecule has 0 unspecified atom stereocenters. The molecule has 2 N–H and O–H groups in total. The number of nitrogens with zero attached hydrogens (tertiary/aromatic N) is 2. The second kappa shape index (κ2) is 7.00. The molecule has 5 nitrogen and oxygen atoms in total. The number of amides is 1. The van der Waals surface area contributed by atoms with Gasteiger partial charge in [-0.15, -0.1) is 0 Å². The third kappa shape index (κ3) is 3.33. The molecule has 1 aromatic carbocycles. The Morgan fingerprint density at radius 1 is 1.24 bits per heavy atom. The summed E-state index contributed by atoms with van der Waals surface area (Å²) in [6.45, 7) is 5.64. The van der Waals surface area contributed by atoms with Gasteiger partial charge in [0.05, 0.1) is 12.1 Å². The summed E-state index contributed by atoms with van der Waals surface area (Å²) < 4.78 is 0. The lowest BCUT2D eigenvalue weighted by Crippen LogP contribution is -2.42. The molecule has 5 heteroatoms. The van der Waals surface area contributed by atoms with E-state index in [9.17, 15) is 4.79 Å². The highest BCUT2D eigenvalue weighted by Crippen LogP contribution is 2.34. The first-order chi connectivity index (χ1) is 12.2. The predicted molar refractivity (Wildman–Crippen MR) is 98.3 cm³/mol. The van der Waals surface area contributed by atoms with Crippen molar-refractivity contribution in [2.45, 2.75) is 32.1 Å². The van der Waals surface area contributed by atoms with Crippen molar-refractivity contribution >= 4 is 5.91 Å². The van der Waals surface area contributed by atoms with Gasteiger partial charge in [-0.2, -0.15) is 5.10 Å². The highest BCUT2D eigenvalue weighted by Gasteiger charge is 2.31. The predicted octanol–water partition coefficient (Wildman–Crippen LogP) is 2.70. The maximum absolute atomic E-state index is 12.6. The minimum absolute atomic E-state index is 0.187. The summed E-state index contributed by atoms with van der Waals surface area (Å²) in [7, 11) is 0. The van der Waals surface area contributed by atoms with Gasteiger partial charge in [0.2, 0.25) is 5.91 Å². The van der Waals surface area contributed by atoms with Gasteiger partial charge in [0.1, 0.15) is 0 Å². The van der Waals surface area contributed by atoms with Crippen LogP contribution in [-0.2, 0) is 4.79 Å². The van der Waals surface area contributed by atoms with Gasteiger partial charge in [-0.3, -0.25) is 9.89 Å². The van der Waals surface area contributed by atoms with Crippen LogP contribution < -0.4 is 5.32 Å². The molecule has 132 valence electrons. The van der Waals surface area contributed by atoms with E-state index in [2.05, 4.69) is 51.6 Å². The van der Waals surface area contributed by atoms with Gasteiger partial charge in [-0.25, -0.2) is 0 Å². The summed E-state index contributed by atoms with van der Waals surface area (Å²) in [6, 6.07) is 8.57. The van der Waals surface area contributed by atoms with E-state index in [1.807, 2.05) is 6.20 Å². The van der Waals surface area contributed by atoms with Crippen molar-refractivity contribution in [1.29, 1.82) is 0 Å². The molecule has 1 aromatic heterocycles. The second-order valence-corrected chi connectivity index (χ2v) is 7.36. The third-order valence-corrected chi connectivity index (χ3v) is 5.62. The molecule has 1 atom stereocenters. The van der Waals surface area contributed by atoms with Crippen molar-refractivity contribution in [2.24, 2.45) is 5.92 Å². The zero-order chi connectivity index (χ0) is 17.2. The summed E-state index contributed by atoms with van der Waals surface area (Å²) >= 11 is 0. The van der Waals surface area contributed by atoms with E-state index in [1.165, 1.54) is 22.4 Å². The molecule has 2 aromatic rings. The maximum atomic E-state index is 12.6. The molecule has 4 rings (SSSR count). The summed E-state index contributed by atoms with van der Waals surface area (Å²) in [5, 5.41) is 10.8. The quantitative estimate of drug-likeness (QED) is 0.904. The van der Waals surface area contributed by atoms with Gasteiger partial charge >= 0.3 is 0 Å². The Balaban J connectivity index is 1.45. The molecule has 0 saturated carbocycles. The molecule has 1 amide bonds. The fourth-order valence-electron chi connectivity index (χ4n) is 4.16. The summed E-state index contributed by atoms with van der Waals surface area (Å²) in [4.78, 5) is 14.7. The molecule has 25 heavy (non-hydrogen) atoms. The van der Waals surface area contributed by atoms with E-state index in [-0.39, 0.29) is 5.92 Å². The number of aryl methyl sites for hydroxylation is 1. The van der Waals surface area contributed by atoms with Gasteiger partial charge in [0, 0.05) is 36.8 Å². The Labute approximate surface area is 148 Å². The first-order valence-electron chi connectivity index (χ1n) is 9.32. The molecular weight excluding hydrogens is 312 g/mol. The molecule has 2 fully saturated rings. The number of aromatic nitrogens is 2. The number of hydrogen-bond acceptors (Lipinski definition) is 3. The summed E-state index contributed by atoms with van der Waals surface area (Å²) in [6.07, 6.45) is 4.93. The van der Waals surface area contributed by atoms with Crippen molar-refractivity contribution in [3.63, 3.8) is 0 Å². The number of benzene rings is 1. The number of H-pyrrole nitrogens is 1. The first kappa shape index (κ1) is 16.3. The highest BCUT2D eigenvalue weighted by molar-refractivity contribution is 5.79. The van der Waals surface area contributed by atoms with Crippen molar-refractivity contribution in [3.8, 4) is 11.1 Å². The van der Waals surface area contributed by atoms with Crippen LogP contribution >= 0.6 is 0 Å².